The second-order valence-electron chi connectivity index (χ2n) is 10.4. The van der Waals surface area contributed by atoms with Crippen molar-refractivity contribution in [1.82, 2.24) is 15.6 Å². The number of aromatic nitrogens is 1. The molecule has 2 aromatic heterocycles. The van der Waals surface area contributed by atoms with E-state index in [4.69, 9.17) is 18.6 Å². The maximum atomic E-state index is 13.0. The summed E-state index contributed by atoms with van der Waals surface area (Å²) < 4.78 is 23.5. The molecule has 2 N–H and O–H groups in total. The summed E-state index contributed by atoms with van der Waals surface area (Å²) in [6.07, 6.45) is 5.37. The van der Waals surface area contributed by atoms with E-state index in [9.17, 15) is 10.1 Å². The monoisotopic (exact) mass is 552 g/mol. The summed E-state index contributed by atoms with van der Waals surface area (Å²) in [7, 11) is 1.55. The summed E-state index contributed by atoms with van der Waals surface area (Å²) in [4.78, 5) is 17.5. The van der Waals surface area contributed by atoms with Crippen molar-refractivity contribution >= 4 is 17.0 Å². The summed E-state index contributed by atoms with van der Waals surface area (Å²) in [5.41, 5.74) is 4.64. The zero-order valence-corrected chi connectivity index (χ0v) is 22.9. The molecule has 210 valence electrons. The number of piperidine rings is 1. The fraction of sp³-hybridized carbons (Fsp3) is 0.344. The highest BCUT2D eigenvalue weighted by Gasteiger charge is 2.21. The van der Waals surface area contributed by atoms with Crippen LogP contribution in [0.25, 0.3) is 33.6 Å². The molecule has 9 heteroatoms. The van der Waals surface area contributed by atoms with Gasteiger partial charge in [0, 0.05) is 48.8 Å². The summed E-state index contributed by atoms with van der Waals surface area (Å²) in [6, 6.07) is 17.1. The minimum absolute atomic E-state index is 0.0423. The van der Waals surface area contributed by atoms with E-state index in [0.29, 0.717) is 52.7 Å². The van der Waals surface area contributed by atoms with Crippen LogP contribution in [0.15, 0.2) is 59.1 Å². The molecule has 0 radical (unpaired) electrons. The quantitative estimate of drug-likeness (QED) is 0.326. The van der Waals surface area contributed by atoms with Crippen LogP contribution in [0, 0.1) is 11.3 Å². The Morgan fingerprint density at radius 2 is 1.93 bits per heavy atom. The number of nitrogens with zero attached hydrogens (tertiary/aromatic N) is 2. The van der Waals surface area contributed by atoms with Crippen LogP contribution in [0.4, 0.5) is 0 Å². The first kappa shape index (κ1) is 26.8. The molecule has 2 fully saturated rings. The minimum Gasteiger partial charge on any atom is -0.496 e. The van der Waals surface area contributed by atoms with Gasteiger partial charge >= 0.3 is 0 Å². The van der Waals surface area contributed by atoms with E-state index in [2.05, 4.69) is 21.7 Å². The van der Waals surface area contributed by atoms with E-state index in [-0.39, 0.29) is 18.1 Å². The van der Waals surface area contributed by atoms with Gasteiger partial charge in [0.2, 0.25) is 0 Å². The van der Waals surface area contributed by atoms with Crippen molar-refractivity contribution in [3.05, 3.63) is 65.9 Å². The summed E-state index contributed by atoms with van der Waals surface area (Å²) in [5.74, 6) is 1.48. The number of carbonyl (C=O) groups excluding carboxylic acids is 1. The summed E-state index contributed by atoms with van der Waals surface area (Å²) >= 11 is 0. The molecule has 2 aliphatic rings. The number of rotatable bonds is 7. The van der Waals surface area contributed by atoms with E-state index in [1.807, 2.05) is 42.5 Å². The van der Waals surface area contributed by atoms with Crippen LogP contribution in [0.3, 0.4) is 0 Å². The lowest BCUT2D eigenvalue weighted by molar-refractivity contribution is 0.0254. The SMILES string of the molecule is COc1cc(-c2cc3nccc(-c4ccc(OC5CCOCC5)c(C#N)c4)c3o2)ccc1C(=O)NC1CCCNC1. The molecule has 1 atom stereocenters. The first-order valence-electron chi connectivity index (χ1n) is 14.0. The number of amides is 1. The highest BCUT2D eigenvalue weighted by molar-refractivity contribution is 5.98. The standard InChI is InChI=1S/C32H32N4O5/c1-38-30-16-21(4-6-26(30)32(37)36-23-3-2-11-34-19-23)29-17-27-31(41-29)25(8-12-35-27)20-5-7-28(22(15-20)18-33)40-24-9-13-39-14-10-24/h4-8,12,15-17,23-24,34H,2-3,9-11,13-14,19H2,1H3,(H,36,37). The van der Waals surface area contributed by atoms with Gasteiger partial charge in [0.1, 0.15) is 34.9 Å². The molecular formula is C32H32N4O5. The molecule has 0 saturated carbocycles. The molecule has 2 saturated heterocycles. The van der Waals surface area contributed by atoms with Crippen LogP contribution in [0.2, 0.25) is 0 Å². The summed E-state index contributed by atoms with van der Waals surface area (Å²) in [6.45, 7) is 3.08. The maximum absolute atomic E-state index is 13.0. The molecule has 4 heterocycles. The molecule has 9 nitrogen and oxygen atoms in total. The van der Waals surface area contributed by atoms with Crippen molar-refractivity contribution in [3.8, 4) is 40.0 Å². The Labute approximate surface area is 238 Å². The molecular weight excluding hydrogens is 520 g/mol. The molecule has 0 bridgehead atoms. The van der Waals surface area contributed by atoms with Gasteiger partial charge in [-0.05, 0) is 55.3 Å². The zero-order chi connectivity index (χ0) is 28.2. The van der Waals surface area contributed by atoms with E-state index in [1.165, 1.54) is 0 Å². The highest BCUT2D eigenvalue weighted by atomic mass is 16.5. The Balaban J connectivity index is 1.28. The fourth-order valence-corrected chi connectivity index (χ4v) is 5.44. The van der Waals surface area contributed by atoms with Crippen LogP contribution >= 0.6 is 0 Å². The normalized spacial score (nSPS) is 17.6. The first-order chi connectivity index (χ1) is 20.1. The molecule has 1 unspecified atom stereocenters. The third-order valence-electron chi connectivity index (χ3n) is 7.65. The molecule has 0 aliphatic carbocycles. The zero-order valence-electron chi connectivity index (χ0n) is 22.9. The number of benzene rings is 2. The predicted octanol–water partition coefficient (Wildman–Crippen LogP) is 5.08. The first-order valence-corrected chi connectivity index (χ1v) is 14.0. The largest absolute Gasteiger partial charge is 0.496 e. The highest BCUT2D eigenvalue weighted by Crippen LogP contribution is 2.37. The van der Waals surface area contributed by atoms with Crippen LogP contribution < -0.4 is 20.1 Å². The molecule has 6 rings (SSSR count). The summed E-state index contributed by atoms with van der Waals surface area (Å²) in [5, 5.41) is 16.3. The molecule has 41 heavy (non-hydrogen) atoms. The van der Waals surface area contributed by atoms with Crippen LogP contribution in [-0.4, -0.2) is 56.5 Å². The Bertz CT molecular complexity index is 1600. The number of hydrogen-bond acceptors (Lipinski definition) is 8. The molecule has 2 aliphatic heterocycles. The molecule has 1 amide bonds. The number of carbonyl (C=O) groups is 1. The number of nitrogens with one attached hydrogen (secondary N) is 2. The van der Waals surface area contributed by atoms with E-state index >= 15 is 0 Å². The van der Waals surface area contributed by atoms with Crippen LogP contribution in [0.1, 0.15) is 41.6 Å². The predicted molar refractivity (Wildman–Crippen MR) is 154 cm³/mol. The second kappa shape index (κ2) is 12.0. The van der Waals surface area contributed by atoms with Gasteiger partial charge in [0.25, 0.3) is 5.91 Å². The van der Waals surface area contributed by atoms with Gasteiger partial charge in [0.15, 0.2) is 5.58 Å². The Morgan fingerprint density at radius 3 is 2.71 bits per heavy atom. The Morgan fingerprint density at radius 1 is 1.07 bits per heavy atom. The second-order valence-corrected chi connectivity index (χ2v) is 10.4. The Kier molecular flexibility index (Phi) is 7.85. The number of ether oxygens (including phenoxy) is 3. The van der Waals surface area contributed by atoms with Crippen molar-refractivity contribution in [2.45, 2.75) is 37.8 Å². The number of hydrogen-bond donors (Lipinski definition) is 2. The number of fused-ring (bicyclic) bond motifs is 1. The molecule has 2 aromatic carbocycles. The maximum Gasteiger partial charge on any atom is 0.255 e. The lowest BCUT2D eigenvalue weighted by Crippen LogP contribution is -2.45. The number of methoxy groups -OCH3 is 1. The topological polar surface area (TPSA) is 119 Å². The van der Waals surface area contributed by atoms with Gasteiger partial charge in [-0.2, -0.15) is 5.26 Å². The van der Waals surface area contributed by atoms with E-state index in [0.717, 1.165) is 55.5 Å². The van der Waals surface area contributed by atoms with Crippen molar-refractivity contribution in [2.75, 3.05) is 33.4 Å². The number of nitriles is 1. The van der Waals surface area contributed by atoms with Gasteiger partial charge in [0.05, 0.1) is 31.5 Å². The van der Waals surface area contributed by atoms with Crippen molar-refractivity contribution in [3.63, 3.8) is 0 Å². The van der Waals surface area contributed by atoms with E-state index in [1.54, 1.807) is 19.4 Å². The lowest BCUT2D eigenvalue weighted by atomic mass is 10.0. The van der Waals surface area contributed by atoms with Crippen molar-refractivity contribution in [2.24, 2.45) is 0 Å². The fourth-order valence-electron chi connectivity index (χ4n) is 5.44. The number of furan rings is 1. The third-order valence-corrected chi connectivity index (χ3v) is 7.65. The van der Waals surface area contributed by atoms with Crippen molar-refractivity contribution < 1.29 is 23.4 Å². The van der Waals surface area contributed by atoms with Gasteiger partial charge in [-0.1, -0.05) is 12.1 Å². The molecule has 4 aromatic rings. The average molecular weight is 553 g/mol. The van der Waals surface area contributed by atoms with Crippen LogP contribution in [0.5, 0.6) is 11.5 Å². The van der Waals surface area contributed by atoms with Gasteiger partial charge in [-0.3, -0.25) is 9.78 Å². The van der Waals surface area contributed by atoms with Crippen LogP contribution in [-0.2, 0) is 4.74 Å². The van der Waals surface area contributed by atoms with E-state index < -0.39 is 0 Å². The smallest absolute Gasteiger partial charge is 0.255 e. The van der Waals surface area contributed by atoms with Gasteiger partial charge in [-0.25, -0.2) is 0 Å². The van der Waals surface area contributed by atoms with Gasteiger partial charge in [-0.15, -0.1) is 0 Å². The van der Waals surface area contributed by atoms with Gasteiger partial charge < -0.3 is 29.3 Å². The van der Waals surface area contributed by atoms with Crippen molar-refractivity contribution in [1.29, 1.82) is 5.26 Å². The average Bonchev–Trinajstić information content (AvgIpc) is 3.47. The number of pyridine rings is 1. The third kappa shape index (κ3) is 5.75. The molecule has 0 spiro atoms. The Hall–Kier alpha value is -4.39. The lowest BCUT2D eigenvalue weighted by Gasteiger charge is -2.24. The minimum atomic E-state index is -0.159.